The number of aromatic nitrogens is 3. The number of amides is 1. The molecule has 3 heterocycles. The zero-order valence-electron chi connectivity index (χ0n) is 15.8. The average molecular weight is 384 g/mol. The smallest absolute Gasteiger partial charge is 0.274 e. The van der Waals surface area contributed by atoms with Crippen molar-refractivity contribution in [3.63, 3.8) is 0 Å². The summed E-state index contributed by atoms with van der Waals surface area (Å²) in [6, 6.07) is 6.58. The van der Waals surface area contributed by atoms with Crippen molar-refractivity contribution in [3.05, 3.63) is 41.7 Å². The zero-order chi connectivity index (χ0) is 19.7. The molecule has 3 aromatic rings. The number of aryl methyl sites for hydroxylation is 1. The molecule has 0 unspecified atom stereocenters. The summed E-state index contributed by atoms with van der Waals surface area (Å²) in [6.07, 6.45) is 0. The molecule has 0 saturated carbocycles. The van der Waals surface area contributed by atoms with E-state index < -0.39 is 6.04 Å². The maximum Gasteiger partial charge on any atom is 0.274 e. The highest BCUT2D eigenvalue weighted by atomic mass is 16.6. The van der Waals surface area contributed by atoms with E-state index in [4.69, 9.17) is 18.5 Å². The Bertz CT molecular complexity index is 994. The summed E-state index contributed by atoms with van der Waals surface area (Å²) in [5.74, 6) is 2.31. The molecular weight excluding hydrogens is 364 g/mol. The predicted molar refractivity (Wildman–Crippen MR) is 97.0 cm³/mol. The monoisotopic (exact) mass is 384 g/mol. The number of fused-ring (bicyclic) bond motifs is 1. The minimum absolute atomic E-state index is 0.0490. The number of nitrogens with one attached hydrogen (secondary N) is 1. The van der Waals surface area contributed by atoms with Crippen LogP contribution in [-0.4, -0.2) is 34.4 Å². The Morgan fingerprint density at radius 1 is 1.07 bits per heavy atom. The van der Waals surface area contributed by atoms with Gasteiger partial charge in [-0.15, -0.1) is 0 Å². The number of carbonyl (C=O) groups is 1. The molecular formula is C19H20N4O5. The highest BCUT2D eigenvalue weighted by Crippen LogP contribution is 2.34. The third-order valence-electron chi connectivity index (χ3n) is 4.33. The van der Waals surface area contributed by atoms with Crippen molar-refractivity contribution in [2.75, 3.05) is 13.2 Å². The van der Waals surface area contributed by atoms with Crippen LogP contribution in [0.15, 0.2) is 33.3 Å². The lowest BCUT2D eigenvalue weighted by Gasteiger charge is -2.18. The fraction of sp³-hybridized carbons (Fsp3) is 0.368. The fourth-order valence-electron chi connectivity index (χ4n) is 2.88. The van der Waals surface area contributed by atoms with Gasteiger partial charge in [-0.25, -0.2) is 0 Å². The van der Waals surface area contributed by atoms with Crippen LogP contribution in [-0.2, 0) is 0 Å². The summed E-state index contributed by atoms with van der Waals surface area (Å²) in [5.41, 5.74) is 0.899. The Kier molecular flexibility index (Phi) is 4.72. The standard InChI is InChI=1S/C19H20N4O5/c1-10(2)17(19-20-11(3)22-28-19)21-18(24)13-9-15(27-23-13)12-4-5-14-16(8-12)26-7-6-25-14/h4-5,8-10,17H,6-7H2,1-3H3,(H,21,24)/t17-/m0/s1. The maximum absolute atomic E-state index is 12.6. The molecule has 1 aliphatic rings. The molecule has 0 spiro atoms. The molecule has 1 atom stereocenters. The van der Waals surface area contributed by atoms with E-state index in [1.165, 1.54) is 0 Å². The first kappa shape index (κ1) is 18.0. The van der Waals surface area contributed by atoms with E-state index in [-0.39, 0.29) is 17.5 Å². The molecule has 1 aliphatic heterocycles. The van der Waals surface area contributed by atoms with Gasteiger partial charge < -0.3 is 23.8 Å². The van der Waals surface area contributed by atoms with Gasteiger partial charge in [-0.3, -0.25) is 4.79 Å². The number of hydrogen-bond acceptors (Lipinski definition) is 8. The third-order valence-corrected chi connectivity index (χ3v) is 4.33. The third kappa shape index (κ3) is 3.55. The van der Waals surface area contributed by atoms with Crippen LogP contribution in [0.2, 0.25) is 0 Å². The molecule has 4 rings (SSSR count). The first-order chi connectivity index (χ1) is 13.5. The number of carbonyl (C=O) groups excluding carboxylic acids is 1. The Balaban J connectivity index is 1.52. The fourth-order valence-corrected chi connectivity index (χ4v) is 2.88. The van der Waals surface area contributed by atoms with Gasteiger partial charge in [0, 0.05) is 11.6 Å². The van der Waals surface area contributed by atoms with Gasteiger partial charge in [-0.2, -0.15) is 4.98 Å². The highest BCUT2D eigenvalue weighted by Gasteiger charge is 2.26. The van der Waals surface area contributed by atoms with E-state index in [1.807, 2.05) is 19.9 Å². The lowest BCUT2D eigenvalue weighted by atomic mass is 10.0. The molecule has 9 heteroatoms. The van der Waals surface area contributed by atoms with E-state index in [2.05, 4.69) is 20.6 Å². The molecule has 9 nitrogen and oxygen atoms in total. The number of benzene rings is 1. The Morgan fingerprint density at radius 3 is 2.57 bits per heavy atom. The first-order valence-corrected chi connectivity index (χ1v) is 8.99. The molecule has 0 fully saturated rings. The van der Waals surface area contributed by atoms with Crippen molar-refractivity contribution in [2.24, 2.45) is 5.92 Å². The van der Waals surface area contributed by atoms with Gasteiger partial charge in [0.25, 0.3) is 5.91 Å². The van der Waals surface area contributed by atoms with Crippen LogP contribution in [0.5, 0.6) is 11.5 Å². The van der Waals surface area contributed by atoms with Crippen molar-refractivity contribution < 1.29 is 23.3 Å². The summed E-state index contributed by atoms with van der Waals surface area (Å²) in [4.78, 5) is 16.9. The molecule has 0 saturated heterocycles. The number of ether oxygens (including phenoxy) is 2. The van der Waals surface area contributed by atoms with E-state index >= 15 is 0 Å². The van der Waals surface area contributed by atoms with Gasteiger partial charge in [-0.05, 0) is 31.0 Å². The Morgan fingerprint density at radius 2 is 1.86 bits per heavy atom. The summed E-state index contributed by atoms with van der Waals surface area (Å²) in [7, 11) is 0. The lowest BCUT2D eigenvalue weighted by Crippen LogP contribution is -2.32. The SMILES string of the molecule is Cc1noc([C@@H](NC(=O)c2cc(-c3ccc4c(c3)OCCO4)on2)C(C)C)n1. The van der Waals surface area contributed by atoms with Crippen molar-refractivity contribution in [1.29, 1.82) is 0 Å². The first-order valence-electron chi connectivity index (χ1n) is 8.99. The van der Waals surface area contributed by atoms with Gasteiger partial charge in [0.2, 0.25) is 5.89 Å². The number of rotatable bonds is 5. The van der Waals surface area contributed by atoms with E-state index in [9.17, 15) is 4.79 Å². The molecule has 146 valence electrons. The van der Waals surface area contributed by atoms with Crippen LogP contribution in [0.25, 0.3) is 11.3 Å². The minimum Gasteiger partial charge on any atom is -0.486 e. The maximum atomic E-state index is 12.6. The van der Waals surface area contributed by atoms with Gasteiger partial charge >= 0.3 is 0 Å². The van der Waals surface area contributed by atoms with Crippen LogP contribution in [0.1, 0.15) is 42.1 Å². The van der Waals surface area contributed by atoms with Gasteiger partial charge in [0.15, 0.2) is 28.8 Å². The van der Waals surface area contributed by atoms with Crippen LogP contribution in [0, 0.1) is 12.8 Å². The van der Waals surface area contributed by atoms with Gasteiger partial charge in [-0.1, -0.05) is 24.2 Å². The quantitative estimate of drug-likeness (QED) is 0.714. The lowest BCUT2D eigenvalue weighted by molar-refractivity contribution is 0.0904. The van der Waals surface area contributed by atoms with Crippen molar-refractivity contribution >= 4 is 5.91 Å². The average Bonchev–Trinajstić information content (AvgIpc) is 3.35. The van der Waals surface area contributed by atoms with Crippen LogP contribution in [0.4, 0.5) is 0 Å². The second kappa shape index (κ2) is 7.34. The van der Waals surface area contributed by atoms with Crippen molar-refractivity contribution in [2.45, 2.75) is 26.8 Å². The summed E-state index contributed by atoms with van der Waals surface area (Å²) >= 11 is 0. The van der Waals surface area contributed by atoms with Crippen LogP contribution < -0.4 is 14.8 Å². The minimum atomic E-state index is -0.428. The molecule has 0 radical (unpaired) electrons. The van der Waals surface area contributed by atoms with Gasteiger partial charge in [0.05, 0.1) is 0 Å². The summed E-state index contributed by atoms with van der Waals surface area (Å²) < 4.78 is 21.7. The normalized spacial score (nSPS) is 14.1. The Labute approximate surface area is 161 Å². The largest absolute Gasteiger partial charge is 0.486 e. The van der Waals surface area contributed by atoms with Crippen molar-refractivity contribution in [3.8, 4) is 22.8 Å². The summed E-state index contributed by atoms with van der Waals surface area (Å²) in [6.45, 7) is 6.65. The topological polar surface area (TPSA) is 113 Å². The Hall–Kier alpha value is -3.36. The second-order valence-corrected chi connectivity index (χ2v) is 6.81. The molecule has 2 aromatic heterocycles. The highest BCUT2D eigenvalue weighted by molar-refractivity contribution is 5.93. The predicted octanol–water partition coefficient (Wildman–Crippen LogP) is 2.93. The van der Waals surface area contributed by atoms with Crippen LogP contribution >= 0.6 is 0 Å². The van der Waals surface area contributed by atoms with Crippen LogP contribution in [0.3, 0.4) is 0 Å². The molecule has 28 heavy (non-hydrogen) atoms. The van der Waals surface area contributed by atoms with Gasteiger partial charge in [0.1, 0.15) is 19.3 Å². The zero-order valence-corrected chi connectivity index (χ0v) is 15.8. The van der Waals surface area contributed by atoms with E-state index in [1.54, 1.807) is 25.1 Å². The molecule has 0 bridgehead atoms. The molecule has 1 aromatic carbocycles. The second-order valence-electron chi connectivity index (χ2n) is 6.81. The molecule has 0 aliphatic carbocycles. The van der Waals surface area contributed by atoms with E-state index in [0.29, 0.717) is 42.2 Å². The number of nitrogens with zero attached hydrogens (tertiary/aromatic N) is 3. The number of hydrogen-bond donors (Lipinski definition) is 1. The summed E-state index contributed by atoms with van der Waals surface area (Å²) in [5, 5.41) is 10.6. The molecule has 1 N–H and O–H groups in total. The van der Waals surface area contributed by atoms with Crippen molar-refractivity contribution in [1.82, 2.24) is 20.6 Å². The molecule has 1 amide bonds. The van der Waals surface area contributed by atoms with E-state index in [0.717, 1.165) is 5.56 Å².